The molecule has 5 nitrogen and oxygen atoms in total. The molecule has 1 rings (SSSR count). The van der Waals surface area contributed by atoms with Gasteiger partial charge in [-0.1, -0.05) is 25.1 Å². The van der Waals surface area contributed by atoms with Gasteiger partial charge in [0, 0.05) is 18.7 Å². The lowest BCUT2D eigenvalue weighted by Gasteiger charge is -2.11. The summed E-state index contributed by atoms with van der Waals surface area (Å²) in [6, 6.07) is 9.42. The van der Waals surface area contributed by atoms with Crippen molar-refractivity contribution in [3.05, 3.63) is 30.3 Å². The van der Waals surface area contributed by atoms with E-state index in [1.807, 2.05) is 30.3 Å². The average Bonchev–Trinajstić information content (AvgIpc) is 2.34. The van der Waals surface area contributed by atoms with Crippen LogP contribution in [0.5, 0.6) is 0 Å². The van der Waals surface area contributed by atoms with Crippen molar-refractivity contribution in [1.29, 1.82) is 0 Å². The van der Waals surface area contributed by atoms with Crippen LogP contribution in [0.3, 0.4) is 0 Å². The Morgan fingerprint density at radius 2 is 1.94 bits per heavy atom. The van der Waals surface area contributed by atoms with Gasteiger partial charge >= 0.3 is 5.97 Å². The highest BCUT2D eigenvalue weighted by atomic mass is 16.4. The number of aliphatic carboxylic acids is 1. The number of anilines is 1. The Hall–Kier alpha value is -2.04. The van der Waals surface area contributed by atoms with E-state index in [1.165, 1.54) is 0 Å². The number of carbonyl (C=O) groups is 2. The van der Waals surface area contributed by atoms with Gasteiger partial charge in [-0.25, -0.2) is 0 Å². The van der Waals surface area contributed by atoms with E-state index < -0.39 is 5.97 Å². The van der Waals surface area contributed by atoms with Crippen LogP contribution in [0.2, 0.25) is 0 Å². The van der Waals surface area contributed by atoms with E-state index >= 15 is 0 Å². The van der Waals surface area contributed by atoms with Crippen molar-refractivity contribution in [2.24, 2.45) is 5.92 Å². The lowest BCUT2D eigenvalue weighted by atomic mass is 10.1. The molecule has 0 saturated carbocycles. The molecular formula is C13H18N2O3. The summed E-state index contributed by atoms with van der Waals surface area (Å²) in [6.45, 7) is 2.35. The molecule has 1 atom stereocenters. The van der Waals surface area contributed by atoms with Gasteiger partial charge in [0.05, 0.1) is 6.54 Å². The molecule has 1 aromatic carbocycles. The van der Waals surface area contributed by atoms with Crippen molar-refractivity contribution in [1.82, 2.24) is 5.32 Å². The molecule has 1 aromatic rings. The van der Waals surface area contributed by atoms with Gasteiger partial charge in [0.15, 0.2) is 0 Å². The number of nitrogens with one attached hydrogen (secondary N) is 2. The summed E-state index contributed by atoms with van der Waals surface area (Å²) in [5.41, 5.74) is 0.881. The number of amides is 1. The van der Waals surface area contributed by atoms with Gasteiger partial charge in [-0.3, -0.25) is 9.59 Å². The van der Waals surface area contributed by atoms with Crippen molar-refractivity contribution >= 4 is 17.6 Å². The first-order valence-corrected chi connectivity index (χ1v) is 5.85. The first-order chi connectivity index (χ1) is 8.58. The molecule has 1 amide bonds. The molecule has 0 spiro atoms. The molecule has 1 unspecified atom stereocenters. The van der Waals surface area contributed by atoms with Gasteiger partial charge in [0.2, 0.25) is 5.91 Å². The van der Waals surface area contributed by atoms with Crippen LogP contribution in [-0.4, -0.2) is 30.1 Å². The van der Waals surface area contributed by atoms with Gasteiger partial charge in [-0.05, 0) is 18.1 Å². The van der Waals surface area contributed by atoms with Crippen molar-refractivity contribution < 1.29 is 14.7 Å². The Kier molecular flexibility index (Phi) is 5.70. The van der Waals surface area contributed by atoms with Crippen LogP contribution in [-0.2, 0) is 9.59 Å². The fraction of sp³-hybridized carbons (Fsp3) is 0.385. The first-order valence-electron chi connectivity index (χ1n) is 5.85. The van der Waals surface area contributed by atoms with Gasteiger partial charge in [-0.15, -0.1) is 0 Å². The molecule has 0 aliphatic rings. The molecule has 0 saturated heterocycles. The van der Waals surface area contributed by atoms with Crippen molar-refractivity contribution in [3.8, 4) is 0 Å². The number of hydrogen-bond acceptors (Lipinski definition) is 3. The first kappa shape index (κ1) is 14.0. The summed E-state index contributed by atoms with van der Waals surface area (Å²) >= 11 is 0. The molecule has 18 heavy (non-hydrogen) atoms. The van der Waals surface area contributed by atoms with Crippen LogP contribution in [0.15, 0.2) is 30.3 Å². The normalized spacial score (nSPS) is 11.6. The quantitative estimate of drug-likeness (QED) is 0.682. The molecule has 0 aliphatic heterocycles. The SMILES string of the molecule is CC(CNC(=O)CNc1ccccc1)CC(=O)O. The molecule has 0 aromatic heterocycles. The highest BCUT2D eigenvalue weighted by Crippen LogP contribution is 2.03. The second kappa shape index (κ2) is 7.32. The van der Waals surface area contributed by atoms with E-state index in [4.69, 9.17) is 5.11 Å². The Balaban J connectivity index is 2.20. The van der Waals surface area contributed by atoms with Crippen molar-refractivity contribution in [3.63, 3.8) is 0 Å². The Labute approximate surface area is 106 Å². The highest BCUT2D eigenvalue weighted by Gasteiger charge is 2.09. The predicted molar refractivity (Wildman–Crippen MR) is 69.4 cm³/mol. The third kappa shape index (κ3) is 5.89. The summed E-state index contributed by atoms with van der Waals surface area (Å²) in [5, 5.41) is 14.2. The number of hydrogen-bond donors (Lipinski definition) is 3. The summed E-state index contributed by atoms with van der Waals surface area (Å²) < 4.78 is 0. The zero-order valence-electron chi connectivity index (χ0n) is 10.3. The van der Waals surface area contributed by atoms with Crippen molar-refractivity contribution in [2.45, 2.75) is 13.3 Å². The van der Waals surface area contributed by atoms with Gasteiger partial charge in [0.25, 0.3) is 0 Å². The van der Waals surface area contributed by atoms with E-state index in [2.05, 4.69) is 10.6 Å². The van der Waals surface area contributed by atoms with E-state index in [1.54, 1.807) is 6.92 Å². The minimum atomic E-state index is -0.848. The third-order valence-electron chi connectivity index (χ3n) is 2.40. The largest absolute Gasteiger partial charge is 0.481 e. The fourth-order valence-corrected chi connectivity index (χ4v) is 1.46. The second-order valence-electron chi connectivity index (χ2n) is 4.23. The number of carboxylic acids is 1. The maximum Gasteiger partial charge on any atom is 0.303 e. The lowest BCUT2D eigenvalue weighted by Crippen LogP contribution is -2.33. The lowest BCUT2D eigenvalue weighted by molar-refractivity contribution is -0.138. The third-order valence-corrected chi connectivity index (χ3v) is 2.40. The molecule has 98 valence electrons. The smallest absolute Gasteiger partial charge is 0.303 e. The average molecular weight is 250 g/mol. The number of rotatable bonds is 7. The standard InChI is InChI=1S/C13H18N2O3/c1-10(7-13(17)18)8-15-12(16)9-14-11-5-3-2-4-6-11/h2-6,10,14H,7-9H2,1H3,(H,15,16)(H,17,18). The van der Waals surface area contributed by atoms with E-state index in [-0.39, 0.29) is 24.8 Å². The molecule has 0 radical (unpaired) electrons. The van der Waals surface area contributed by atoms with Gasteiger partial charge in [0.1, 0.15) is 0 Å². The van der Waals surface area contributed by atoms with Gasteiger partial charge in [-0.2, -0.15) is 0 Å². The van der Waals surface area contributed by atoms with E-state index in [0.29, 0.717) is 6.54 Å². The molecular weight excluding hydrogens is 232 g/mol. The minimum absolute atomic E-state index is 0.0619. The van der Waals surface area contributed by atoms with Crippen LogP contribution in [0.4, 0.5) is 5.69 Å². The number of carboxylic acid groups (broad SMARTS) is 1. The van der Waals surface area contributed by atoms with Crippen LogP contribution in [0, 0.1) is 5.92 Å². The molecule has 0 fully saturated rings. The van der Waals surface area contributed by atoms with Crippen LogP contribution < -0.4 is 10.6 Å². The molecule has 5 heteroatoms. The second-order valence-corrected chi connectivity index (χ2v) is 4.23. The monoisotopic (exact) mass is 250 g/mol. The Morgan fingerprint density at radius 1 is 1.28 bits per heavy atom. The molecule has 0 aliphatic carbocycles. The van der Waals surface area contributed by atoms with E-state index in [0.717, 1.165) is 5.69 Å². The molecule has 0 heterocycles. The zero-order chi connectivity index (χ0) is 13.4. The topological polar surface area (TPSA) is 78.4 Å². The summed E-state index contributed by atoms with van der Waals surface area (Å²) in [5.74, 6) is -1.06. The Morgan fingerprint density at radius 3 is 2.56 bits per heavy atom. The maximum absolute atomic E-state index is 11.5. The van der Waals surface area contributed by atoms with Gasteiger partial charge < -0.3 is 15.7 Å². The summed E-state index contributed by atoms with van der Waals surface area (Å²) in [6.07, 6.45) is 0.0619. The zero-order valence-corrected chi connectivity index (χ0v) is 10.3. The summed E-state index contributed by atoms with van der Waals surface area (Å²) in [4.78, 5) is 21.9. The number of carbonyl (C=O) groups excluding carboxylic acids is 1. The highest BCUT2D eigenvalue weighted by molar-refractivity contribution is 5.80. The molecule has 0 bridgehead atoms. The maximum atomic E-state index is 11.5. The minimum Gasteiger partial charge on any atom is -0.481 e. The van der Waals surface area contributed by atoms with Crippen LogP contribution in [0.25, 0.3) is 0 Å². The van der Waals surface area contributed by atoms with Crippen molar-refractivity contribution in [2.75, 3.05) is 18.4 Å². The van der Waals surface area contributed by atoms with E-state index in [9.17, 15) is 9.59 Å². The molecule has 3 N–H and O–H groups in total. The number of benzene rings is 1. The fourth-order valence-electron chi connectivity index (χ4n) is 1.46. The predicted octanol–water partition coefficient (Wildman–Crippen LogP) is 1.33. The van der Waals surface area contributed by atoms with Crippen LogP contribution in [0.1, 0.15) is 13.3 Å². The Bertz CT molecular complexity index is 392. The van der Waals surface area contributed by atoms with Crippen LogP contribution >= 0.6 is 0 Å². The number of para-hydroxylation sites is 1. The summed E-state index contributed by atoms with van der Waals surface area (Å²) in [7, 11) is 0.